The van der Waals surface area contributed by atoms with Crippen molar-refractivity contribution in [3.63, 3.8) is 0 Å². The van der Waals surface area contributed by atoms with E-state index in [1.54, 1.807) is 0 Å². The molecule has 0 amide bonds. The van der Waals surface area contributed by atoms with Crippen LogP contribution >= 0.6 is 0 Å². The van der Waals surface area contributed by atoms with Crippen LogP contribution in [0.15, 0.2) is 0 Å². The number of hydrogen-bond donors (Lipinski definition) is 0. The Kier molecular flexibility index (Phi) is 24.3. The van der Waals surface area contributed by atoms with E-state index >= 15 is 0 Å². The van der Waals surface area contributed by atoms with Crippen molar-refractivity contribution in [3.05, 3.63) is 15.3 Å². The van der Waals surface area contributed by atoms with Gasteiger partial charge in [0.15, 0.2) is 0 Å². The number of hydrogen-bond acceptors (Lipinski definition) is 3. The summed E-state index contributed by atoms with van der Waals surface area (Å²) in [5, 5.41) is 14.8. The average Bonchev–Trinajstić information content (AvgIpc) is 0.811. The molecule has 40 valence electrons. The van der Waals surface area contributed by atoms with E-state index in [4.69, 9.17) is 15.3 Å². The molecule has 0 aromatic rings. The van der Waals surface area contributed by atoms with Crippen molar-refractivity contribution in [1.82, 2.24) is 0 Å². The first-order valence-corrected chi connectivity index (χ1v) is 0.548. The van der Waals surface area contributed by atoms with Gasteiger partial charge in [0, 0.05) is 39.9 Å². The Morgan fingerprint density at radius 1 is 1.33 bits per heavy atom. The monoisotopic (exact) mass is 238 g/mol. The normalized spacial score (nSPS) is 4.00. The van der Waals surface area contributed by atoms with Crippen LogP contribution in [0, 0.1) is 55.3 Å². The van der Waals surface area contributed by atoms with E-state index < -0.39 is 5.09 Å². The minimum atomic E-state index is -1.75. The summed E-state index contributed by atoms with van der Waals surface area (Å²) in [7, 11) is 0. The van der Waals surface area contributed by atoms with Crippen LogP contribution in [0.25, 0.3) is 0 Å². The summed E-state index contributed by atoms with van der Waals surface area (Å²) in [6, 6.07) is 0. The maximum Gasteiger partial charge on any atom is 0.0689 e. The molecule has 0 aromatic heterocycles. The maximum absolute atomic E-state index is 8.25. The summed E-state index contributed by atoms with van der Waals surface area (Å²) < 4.78 is 0. The second kappa shape index (κ2) is 9.08. The number of rotatable bonds is 0. The minimum absolute atomic E-state index is 0. The van der Waals surface area contributed by atoms with Gasteiger partial charge in [-0.1, -0.05) is 0 Å². The van der Waals surface area contributed by atoms with Gasteiger partial charge in [0.1, 0.15) is 0 Å². The molecule has 6 heteroatoms. The van der Waals surface area contributed by atoms with Crippen LogP contribution in [0.3, 0.4) is 0 Å². The largest absolute Gasteiger partial charge is 0.412 e. The first-order valence-electron chi connectivity index (χ1n) is 0.548. The van der Waals surface area contributed by atoms with Crippen LogP contribution in [0.4, 0.5) is 0 Å². The molecular weight excluding hydrogens is 235 g/mol. The molecule has 0 aliphatic carbocycles. The Hall–Kier alpha value is 0.485. The molecule has 0 aliphatic rings. The zero-order chi connectivity index (χ0) is 3.58. The van der Waals surface area contributed by atoms with E-state index in [9.17, 15) is 0 Å². The van der Waals surface area contributed by atoms with Gasteiger partial charge in [-0.25, -0.2) is 0 Å². The van der Waals surface area contributed by atoms with Gasteiger partial charge in [0.25, 0.3) is 0 Å². The molecule has 0 atom stereocenters. The summed E-state index contributed by atoms with van der Waals surface area (Å²) in [6.07, 6.45) is 0. The van der Waals surface area contributed by atoms with E-state index in [0.29, 0.717) is 0 Å². The second-order valence-corrected chi connectivity index (χ2v) is 0.224. The average molecular weight is 237 g/mol. The molecular formula is H2GdNO4-. The van der Waals surface area contributed by atoms with Crippen molar-refractivity contribution in [3.8, 4) is 0 Å². The zero-order valence-corrected chi connectivity index (χ0v) is 4.79. The maximum atomic E-state index is 8.25. The van der Waals surface area contributed by atoms with Crippen LogP contribution < -0.4 is 0 Å². The van der Waals surface area contributed by atoms with Crippen LogP contribution in [-0.4, -0.2) is 10.6 Å². The van der Waals surface area contributed by atoms with Crippen molar-refractivity contribution in [2.24, 2.45) is 0 Å². The third-order valence-electron chi connectivity index (χ3n) is 0. The smallest absolute Gasteiger partial charge is 0.0689 e. The fourth-order valence-corrected chi connectivity index (χ4v) is 0. The Morgan fingerprint density at radius 3 is 1.33 bits per heavy atom. The molecule has 0 aromatic carbocycles. The fraction of sp³-hybridized carbons (Fsp3) is 0. The van der Waals surface area contributed by atoms with Gasteiger partial charge in [0.05, 0.1) is 5.09 Å². The van der Waals surface area contributed by atoms with E-state index in [1.165, 1.54) is 0 Å². The Balaban J connectivity index is -0.0000000450. The SMILES string of the molecule is O.O=[N+]([O-])[O-].[Gd]. The minimum Gasteiger partial charge on any atom is -0.412 e. The quantitative estimate of drug-likeness (QED) is 0.396. The molecule has 2 N–H and O–H groups in total. The van der Waals surface area contributed by atoms with Crippen molar-refractivity contribution in [2.75, 3.05) is 0 Å². The molecule has 0 bridgehead atoms. The Bertz CT molecular complexity index is 30.5. The van der Waals surface area contributed by atoms with Gasteiger partial charge < -0.3 is 20.8 Å². The van der Waals surface area contributed by atoms with Crippen molar-refractivity contribution < 1.29 is 50.5 Å². The molecule has 0 heterocycles. The molecule has 0 rings (SSSR count). The molecule has 0 saturated heterocycles. The van der Waals surface area contributed by atoms with Crippen LogP contribution in [-0.2, 0) is 0 Å². The fourth-order valence-electron chi connectivity index (χ4n) is 0. The second-order valence-electron chi connectivity index (χ2n) is 0.224. The third-order valence-corrected chi connectivity index (χ3v) is 0. The predicted molar refractivity (Wildman–Crippen MR) is 14.0 cm³/mol. The topological polar surface area (TPSA) is 97.7 Å². The Labute approximate surface area is 65.4 Å². The van der Waals surface area contributed by atoms with Crippen LogP contribution in [0.2, 0.25) is 0 Å². The molecule has 0 fully saturated rings. The van der Waals surface area contributed by atoms with Gasteiger partial charge >= 0.3 is 0 Å². The summed E-state index contributed by atoms with van der Waals surface area (Å²) >= 11 is 0. The molecule has 0 spiro atoms. The predicted octanol–water partition coefficient (Wildman–Crippen LogP) is -1.06. The van der Waals surface area contributed by atoms with Crippen LogP contribution in [0.5, 0.6) is 0 Å². The molecule has 0 radical (unpaired) electrons. The molecule has 0 unspecified atom stereocenters. The number of nitrogens with zero attached hydrogens (tertiary/aromatic N) is 1. The van der Waals surface area contributed by atoms with Gasteiger partial charge in [-0.15, -0.1) is 0 Å². The molecule has 5 nitrogen and oxygen atoms in total. The summed E-state index contributed by atoms with van der Waals surface area (Å²) in [4.78, 5) is 8.25. The first kappa shape index (κ1) is 16.1. The van der Waals surface area contributed by atoms with E-state index in [1.807, 2.05) is 0 Å². The summed E-state index contributed by atoms with van der Waals surface area (Å²) in [6.45, 7) is 0. The van der Waals surface area contributed by atoms with E-state index in [0.717, 1.165) is 0 Å². The molecule has 0 saturated carbocycles. The summed E-state index contributed by atoms with van der Waals surface area (Å²) in [5.74, 6) is 0. The molecule has 0 aliphatic heterocycles. The van der Waals surface area contributed by atoms with Crippen molar-refractivity contribution in [1.29, 1.82) is 0 Å². The van der Waals surface area contributed by atoms with E-state index in [2.05, 4.69) is 0 Å². The van der Waals surface area contributed by atoms with Crippen molar-refractivity contribution >= 4 is 0 Å². The Morgan fingerprint density at radius 2 is 1.33 bits per heavy atom. The third kappa shape index (κ3) is 232. The zero-order valence-electron chi connectivity index (χ0n) is 2.53. The van der Waals surface area contributed by atoms with Gasteiger partial charge in [0.2, 0.25) is 0 Å². The van der Waals surface area contributed by atoms with Crippen molar-refractivity contribution in [2.45, 2.75) is 0 Å². The first-order chi connectivity index (χ1) is 1.73. The standard InChI is InChI=1S/Gd.NO3.H2O/c;2-1(3)4;/h;;1H2/q;-1;. The summed E-state index contributed by atoms with van der Waals surface area (Å²) in [5.41, 5.74) is 0. The van der Waals surface area contributed by atoms with Gasteiger partial charge in [-0.05, 0) is 0 Å². The van der Waals surface area contributed by atoms with Gasteiger partial charge in [-0.2, -0.15) is 0 Å². The van der Waals surface area contributed by atoms with Crippen LogP contribution in [0.1, 0.15) is 0 Å². The molecule has 6 heavy (non-hydrogen) atoms. The van der Waals surface area contributed by atoms with E-state index in [-0.39, 0.29) is 45.4 Å². The van der Waals surface area contributed by atoms with Gasteiger partial charge in [-0.3, -0.25) is 0 Å².